The Morgan fingerprint density at radius 2 is 2.10 bits per heavy atom. The second-order valence-corrected chi connectivity index (χ2v) is 6.08. The van der Waals surface area contributed by atoms with E-state index in [-0.39, 0.29) is 6.10 Å². The molecule has 20 heavy (non-hydrogen) atoms. The van der Waals surface area contributed by atoms with Gasteiger partial charge in [-0.05, 0) is 31.9 Å². The first-order valence-electron chi connectivity index (χ1n) is 6.97. The van der Waals surface area contributed by atoms with E-state index in [9.17, 15) is 0 Å². The van der Waals surface area contributed by atoms with Crippen molar-refractivity contribution in [1.82, 2.24) is 5.32 Å². The number of hydrogen-bond donors (Lipinski definition) is 1. The van der Waals surface area contributed by atoms with Gasteiger partial charge in [-0.15, -0.1) is 0 Å². The van der Waals surface area contributed by atoms with E-state index in [1.807, 2.05) is 13.0 Å². The average Bonchev–Trinajstić information content (AvgIpc) is 3.21. The van der Waals surface area contributed by atoms with E-state index >= 15 is 0 Å². The highest BCUT2D eigenvalue weighted by molar-refractivity contribution is 6.35. The number of methoxy groups -OCH3 is 1. The van der Waals surface area contributed by atoms with Crippen LogP contribution >= 0.6 is 23.2 Å². The van der Waals surface area contributed by atoms with Crippen molar-refractivity contribution in [3.63, 3.8) is 0 Å². The summed E-state index contributed by atoms with van der Waals surface area (Å²) in [6.45, 7) is 3.42. The van der Waals surface area contributed by atoms with Gasteiger partial charge in [-0.25, -0.2) is 0 Å². The Morgan fingerprint density at radius 1 is 1.35 bits per heavy atom. The van der Waals surface area contributed by atoms with Crippen LogP contribution in [-0.2, 0) is 11.3 Å². The lowest BCUT2D eigenvalue weighted by Crippen LogP contribution is -2.19. The van der Waals surface area contributed by atoms with E-state index in [4.69, 9.17) is 32.7 Å². The molecule has 1 atom stereocenters. The first-order chi connectivity index (χ1) is 9.60. The summed E-state index contributed by atoms with van der Waals surface area (Å²) in [6, 6.07) is 4.27. The highest BCUT2D eigenvalue weighted by Crippen LogP contribution is 2.34. The lowest BCUT2D eigenvalue weighted by atomic mass is 10.2. The SMILES string of the molecule is COCCC(C)Oc1c(Cl)cc(Cl)cc1CNC1CC1. The van der Waals surface area contributed by atoms with Gasteiger partial charge in [-0.1, -0.05) is 23.2 Å². The van der Waals surface area contributed by atoms with E-state index in [1.165, 1.54) is 12.8 Å². The van der Waals surface area contributed by atoms with Gasteiger partial charge in [-0.3, -0.25) is 0 Å². The van der Waals surface area contributed by atoms with Gasteiger partial charge in [0.05, 0.1) is 11.1 Å². The molecule has 1 N–H and O–H groups in total. The summed E-state index contributed by atoms with van der Waals surface area (Å²) in [5.41, 5.74) is 1.01. The van der Waals surface area contributed by atoms with Gasteiger partial charge in [0.2, 0.25) is 0 Å². The molecule has 3 nitrogen and oxygen atoms in total. The predicted molar refractivity (Wildman–Crippen MR) is 82.9 cm³/mol. The van der Waals surface area contributed by atoms with Gasteiger partial charge in [0, 0.05) is 43.3 Å². The van der Waals surface area contributed by atoms with Crippen LogP contribution in [-0.4, -0.2) is 25.9 Å². The Hall–Kier alpha value is -0.480. The van der Waals surface area contributed by atoms with Crippen molar-refractivity contribution in [2.75, 3.05) is 13.7 Å². The first kappa shape index (κ1) is 15.9. The number of ether oxygens (including phenoxy) is 2. The van der Waals surface area contributed by atoms with Crippen LogP contribution in [0.15, 0.2) is 12.1 Å². The molecule has 1 aromatic carbocycles. The van der Waals surface area contributed by atoms with E-state index < -0.39 is 0 Å². The number of halogens is 2. The maximum Gasteiger partial charge on any atom is 0.142 e. The van der Waals surface area contributed by atoms with Gasteiger partial charge >= 0.3 is 0 Å². The van der Waals surface area contributed by atoms with E-state index in [2.05, 4.69) is 5.32 Å². The summed E-state index contributed by atoms with van der Waals surface area (Å²) in [6.07, 6.45) is 3.36. The lowest BCUT2D eigenvalue weighted by molar-refractivity contribution is 0.134. The molecule has 0 radical (unpaired) electrons. The zero-order chi connectivity index (χ0) is 14.5. The van der Waals surface area contributed by atoms with Crippen LogP contribution in [0.3, 0.4) is 0 Å². The van der Waals surface area contributed by atoms with Gasteiger partial charge in [0.1, 0.15) is 5.75 Å². The second kappa shape index (κ2) is 7.51. The molecule has 1 aliphatic carbocycles. The summed E-state index contributed by atoms with van der Waals surface area (Å²) in [5.74, 6) is 0.729. The monoisotopic (exact) mass is 317 g/mol. The maximum atomic E-state index is 6.28. The molecule has 1 aliphatic rings. The fourth-order valence-electron chi connectivity index (χ4n) is 1.96. The predicted octanol–water partition coefficient (Wildman–Crippen LogP) is 4.05. The van der Waals surface area contributed by atoms with Crippen LogP contribution in [0.5, 0.6) is 5.75 Å². The van der Waals surface area contributed by atoms with Gasteiger partial charge in [-0.2, -0.15) is 0 Å². The van der Waals surface area contributed by atoms with Gasteiger partial charge < -0.3 is 14.8 Å². The Kier molecular flexibility index (Phi) is 5.97. The quantitative estimate of drug-likeness (QED) is 0.784. The summed E-state index contributed by atoms with van der Waals surface area (Å²) in [7, 11) is 1.69. The fraction of sp³-hybridized carbons (Fsp3) is 0.600. The minimum Gasteiger partial charge on any atom is -0.489 e. The molecule has 0 amide bonds. The van der Waals surface area contributed by atoms with Crippen molar-refractivity contribution in [3.8, 4) is 5.75 Å². The molecule has 0 aliphatic heterocycles. The Labute approximate surface area is 130 Å². The summed E-state index contributed by atoms with van der Waals surface area (Å²) in [4.78, 5) is 0. The Morgan fingerprint density at radius 3 is 2.75 bits per heavy atom. The maximum absolute atomic E-state index is 6.28. The Balaban J connectivity index is 2.06. The smallest absolute Gasteiger partial charge is 0.142 e. The zero-order valence-corrected chi connectivity index (χ0v) is 13.4. The average molecular weight is 318 g/mol. The molecular weight excluding hydrogens is 297 g/mol. The molecule has 0 heterocycles. The van der Waals surface area contributed by atoms with Crippen molar-refractivity contribution >= 4 is 23.2 Å². The molecule has 0 saturated heterocycles. The highest BCUT2D eigenvalue weighted by atomic mass is 35.5. The molecular formula is C15H21Cl2NO2. The van der Waals surface area contributed by atoms with E-state index in [1.54, 1.807) is 13.2 Å². The molecule has 5 heteroatoms. The first-order valence-corrected chi connectivity index (χ1v) is 7.72. The molecule has 0 bridgehead atoms. The van der Waals surface area contributed by atoms with Crippen molar-refractivity contribution in [3.05, 3.63) is 27.7 Å². The molecule has 1 aromatic rings. The van der Waals surface area contributed by atoms with Crippen LogP contribution in [0, 0.1) is 0 Å². The lowest BCUT2D eigenvalue weighted by Gasteiger charge is -2.19. The summed E-state index contributed by atoms with van der Waals surface area (Å²) >= 11 is 12.4. The third-order valence-electron chi connectivity index (χ3n) is 3.29. The number of rotatable bonds is 8. The third kappa shape index (κ3) is 4.81. The van der Waals surface area contributed by atoms with Crippen LogP contribution in [0.4, 0.5) is 0 Å². The van der Waals surface area contributed by atoms with Crippen molar-refractivity contribution in [2.45, 2.75) is 44.9 Å². The third-order valence-corrected chi connectivity index (χ3v) is 3.79. The zero-order valence-electron chi connectivity index (χ0n) is 11.9. The normalized spacial score (nSPS) is 16.2. The molecule has 1 saturated carbocycles. The standard InChI is InChI=1S/C15H21Cl2NO2/c1-10(5-6-19-2)20-15-11(9-18-13-3-4-13)7-12(16)8-14(15)17/h7-8,10,13,18H,3-6,9H2,1-2H3. The number of benzene rings is 1. The second-order valence-electron chi connectivity index (χ2n) is 5.24. The molecule has 1 fully saturated rings. The van der Waals surface area contributed by atoms with Crippen LogP contribution < -0.4 is 10.1 Å². The molecule has 1 unspecified atom stereocenters. The van der Waals surface area contributed by atoms with Crippen LogP contribution in [0.2, 0.25) is 10.0 Å². The molecule has 2 rings (SSSR count). The van der Waals surface area contributed by atoms with E-state index in [0.717, 1.165) is 24.3 Å². The Bertz CT molecular complexity index is 450. The fourth-order valence-corrected chi connectivity index (χ4v) is 2.54. The molecule has 112 valence electrons. The number of hydrogen-bond acceptors (Lipinski definition) is 3. The van der Waals surface area contributed by atoms with Crippen molar-refractivity contribution in [1.29, 1.82) is 0 Å². The van der Waals surface area contributed by atoms with Crippen molar-refractivity contribution < 1.29 is 9.47 Å². The largest absolute Gasteiger partial charge is 0.489 e. The molecule has 0 spiro atoms. The van der Waals surface area contributed by atoms with Crippen molar-refractivity contribution in [2.24, 2.45) is 0 Å². The van der Waals surface area contributed by atoms with Crippen LogP contribution in [0.25, 0.3) is 0 Å². The topological polar surface area (TPSA) is 30.5 Å². The minimum absolute atomic E-state index is 0.0494. The van der Waals surface area contributed by atoms with E-state index in [0.29, 0.717) is 22.7 Å². The van der Waals surface area contributed by atoms with Gasteiger partial charge in [0.25, 0.3) is 0 Å². The minimum atomic E-state index is 0.0494. The van der Waals surface area contributed by atoms with Gasteiger partial charge in [0.15, 0.2) is 0 Å². The summed E-state index contributed by atoms with van der Waals surface area (Å²) < 4.78 is 11.0. The highest BCUT2D eigenvalue weighted by Gasteiger charge is 2.21. The number of nitrogens with one attached hydrogen (secondary N) is 1. The summed E-state index contributed by atoms with van der Waals surface area (Å²) in [5, 5.41) is 4.66. The molecule has 0 aromatic heterocycles. The van der Waals surface area contributed by atoms with Crippen LogP contribution in [0.1, 0.15) is 31.7 Å².